The fourth-order valence-corrected chi connectivity index (χ4v) is 1.07. The molecule has 0 radical (unpaired) electrons. The molecule has 0 heterocycles. The van der Waals surface area contributed by atoms with Gasteiger partial charge in [-0.15, -0.1) is 0 Å². The van der Waals surface area contributed by atoms with Crippen molar-refractivity contribution in [1.29, 1.82) is 5.26 Å². The van der Waals surface area contributed by atoms with Crippen molar-refractivity contribution in [3.8, 4) is 11.8 Å². The van der Waals surface area contributed by atoms with E-state index in [1.54, 1.807) is 18.2 Å². The van der Waals surface area contributed by atoms with Gasteiger partial charge in [0.2, 0.25) is 0 Å². The minimum absolute atomic E-state index is 0.400. The highest BCUT2D eigenvalue weighted by Crippen LogP contribution is 2.21. The molecule has 13 heavy (non-hydrogen) atoms. The third-order valence-corrected chi connectivity index (χ3v) is 1.76. The summed E-state index contributed by atoms with van der Waals surface area (Å²) >= 11 is 5.77. The Balaban J connectivity index is 2.79. The minimum atomic E-state index is 0.400. The van der Waals surface area contributed by atoms with E-state index in [9.17, 15) is 0 Å². The SMILES string of the molecule is N#Cc1ccc(OCCN)cc1Cl. The zero-order valence-corrected chi connectivity index (χ0v) is 7.71. The van der Waals surface area contributed by atoms with Crippen LogP contribution in [0.15, 0.2) is 18.2 Å². The van der Waals surface area contributed by atoms with E-state index >= 15 is 0 Å². The summed E-state index contributed by atoms with van der Waals surface area (Å²) in [6.45, 7) is 0.903. The maximum atomic E-state index is 8.59. The average Bonchev–Trinajstić information content (AvgIpc) is 2.15. The monoisotopic (exact) mass is 196 g/mol. The summed E-state index contributed by atoms with van der Waals surface area (Å²) < 4.78 is 5.22. The molecule has 68 valence electrons. The molecule has 0 atom stereocenters. The van der Waals surface area contributed by atoms with Gasteiger partial charge in [0.25, 0.3) is 0 Å². The molecule has 4 heteroatoms. The zero-order valence-electron chi connectivity index (χ0n) is 6.96. The van der Waals surface area contributed by atoms with E-state index in [1.807, 2.05) is 6.07 Å². The Kier molecular flexibility index (Phi) is 3.56. The van der Waals surface area contributed by atoms with Crippen LogP contribution in [0, 0.1) is 11.3 Å². The number of benzene rings is 1. The number of nitrogens with zero attached hydrogens (tertiary/aromatic N) is 1. The Labute approximate surface area is 81.7 Å². The summed E-state index contributed by atoms with van der Waals surface area (Å²) in [4.78, 5) is 0. The van der Waals surface area contributed by atoms with Crippen LogP contribution in [0.2, 0.25) is 5.02 Å². The maximum Gasteiger partial charge on any atom is 0.120 e. The van der Waals surface area contributed by atoms with Crippen LogP contribution in [0.4, 0.5) is 0 Å². The fraction of sp³-hybridized carbons (Fsp3) is 0.222. The van der Waals surface area contributed by atoms with E-state index < -0.39 is 0 Å². The molecule has 0 aliphatic rings. The number of nitrogens with two attached hydrogens (primary N) is 1. The Morgan fingerprint density at radius 3 is 2.85 bits per heavy atom. The molecular formula is C9H9ClN2O. The van der Waals surface area contributed by atoms with Crippen molar-refractivity contribution in [2.45, 2.75) is 0 Å². The van der Waals surface area contributed by atoms with Crippen LogP contribution >= 0.6 is 11.6 Å². The Morgan fingerprint density at radius 1 is 1.54 bits per heavy atom. The van der Waals surface area contributed by atoms with Crippen LogP contribution in [0.1, 0.15) is 5.56 Å². The highest BCUT2D eigenvalue weighted by molar-refractivity contribution is 6.31. The molecule has 0 aromatic heterocycles. The van der Waals surface area contributed by atoms with E-state index in [0.29, 0.717) is 29.5 Å². The van der Waals surface area contributed by atoms with Gasteiger partial charge in [0.15, 0.2) is 0 Å². The predicted octanol–water partition coefficient (Wildman–Crippen LogP) is 1.55. The van der Waals surface area contributed by atoms with E-state index in [4.69, 9.17) is 27.3 Å². The first-order valence-corrected chi connectivity index (χ1v) is 4.18. The van der Waals surface area contributed by atoms with Crippen molar-refractivity contribution in [3.63, 3.8) is 0 Å². The van der Waals surface area contributed by atoms with Crippen LogP contribution in [0.5, 0.6) is 5.75 Å². The van der Waals surface area contributed by atoms with Crippen LogP contribution < -0.4 is 10.5 Å². The molecule has 2 N–H and O–H groups in total. The number of halogens is 1. The van der Waals surface area contributed by atoms with E-state index in [-0.39, 0.29) is 0 Å². The summed E-state index contributed by atoms with van der Waals surface area (Å²) in [5.41, 5.74) is 5.71. The Bertz CT molecular complexity index is 333. The number of hydrogen-bond acceptors (Lipinski definition) is 3. The standard InChI is InChI=1S/C9H9ClN2O/c10-9-5-8(13-4-3-11)2-1-7(9)6-12/h1-2,5H,3-4,11H2. The van der Waals surface area contributed by atoms with Crippen molar-refractivity contribution in [2.75, 3.05) is 13.2 Å². The van der Waals surface area contributed by atoms with Gasteiger partial charge < -0.3 is 10.5 Å². The molecule has 0 saturated heterocycles. The van der Waals surface area contributed by atoms with Crippen LogP contribution in [-0.4, -0.2) is 13.2 Å². The van der Waals surface area contributed by atoms with Crippen LogP contribution in [0.25, 0.3) is 0 Å². The highest BCUT2D eigenvalue weighted by atomic mass is 35.5. The second-order valence-corrected chi connectivity index (χ2v) is 2.80. The maximum absolute atomic E-state index is 8.59. The van der Waals surface area contributed by atoms with Crippen molar-refractivity contribution in [3.05, 3.63) is 28.8 Å². The Morgan fingerprint density at radius 2 is 2.31 bits per heavy atom. The third-order valence-electron chi connectivity index (χ3n) is 1.45. The van der Waals surface area contributed by atoms with E-state index in [1.165, 1.54) is 0 Å². The van der Waals surface area contributed by atoms with Crippen molar-refractivity contribution < 1.29 is 4.74 Å². The van der Waals surface area contributed by atoms with Gasteiger partial charge in [-0.1, -0.05) is 11.6 Å². The lowest BCUT2D eigenvalue weighted by Crippen LogP contribution is -2.10. The first kappa shape index (κ1) is 9.85. The average molecular weight is 197 g/mol. The highest BCUT2D eigenvalue weighted by Gasteiger charge is 2.00. The molecule has 0 saturated carbocycles. The topological polar surface area (TPSA) is 59.0 Å². The van der Waals surface area contributed by atoms with Gasteiger partial charge in [-0.25, -0.2) is 0 Å². The number of ether oxygens (including phenoxy) is 1. The molecule has 1 aromatic carbocycles. The molecule has 0 unspecified atom stereocenters. The second-order valence-electron chi connectivity index (χ2n) is 2.39. The van der Waals surface area contributed by atoms with E-state index in [2.05, 4.69) is 0 Å². The molecule has 1 rings (SSSR count). The van der Waals surface area contributed by atoms with Gasteiger partial charge >= 0.3 is 0 Å². The number of rotatable bonds is 3. The van der Waals surface area contributed by atoms with Gasteiger partial charge in [-0.3, -0.25) is 0 Å². The van der Waals surface area contributed by atoms with Crippen molar-refractivity contribution in [2.24, 2.45) is 5.73 Å². The predicted molar refractivity (Wildman–Crippen MR) is 50.7 cm³/mol. The second kappa shape index (κ2) is 4.70. The van der Waals surface area contributed by atoms with Crippen LogP contribution in [-0.2, 0) is 0 Å². The fourth-order valence-electron chi connectivity index (χ4n) is 0.853. The van der Waals surface area contributed by atoms with Gasteiger partial charge in [-0.2, -0.15) is 5.26 Å². The first-order valence-electron chi connectivity index (χ1n) is 3.80. The molecule has 0 bridgehead atoms. The summed E-state index contributed by atoms with van der Waals surface area (Å²) in [7, 11) is 0. The van der Waals surface area contributed by atoms with Crippen LogP contribution in [0.3, 0.4) is 0 Å². The van der Waals surface area contributed by atoms with Gasteiger partial charge in [0.05, 0.1) is 10.6 Å². The van der Waals surface area contributed by atoms with Crippen molar-refractivity contribution in [1.82, 2.24) is 0 Å². The lowest BCUT2D eigenvalue weighted by molar-refractivity contribution is 0.328. The molecule has 1 aromatic rings. The number of nitriles is 1. The third kappa shape index (κ3) is 2.62. The summed E-state index contributed by atoms with van der Waals surface area (Å²) in [6, 6.07) is 6.89. The molecule has 3 nitrogen and oxygen atoms in total. The first-order chi connectivity index (χ1) is 6.27. The molecule has 0 fully saturated rings. The van der Waals surface area contributed by atoms with Gasteiger partial charge in [0, 0.05) is 12.6 Å². The summed E-state index contributed by atoms with van der Waals surface area (Å²) in [5, 5.41) is 8.99. The molecule has 0 aliphatic heterocycles. The lowest BCUT2D eigenvalue weighted by atomic mass is 10.2. The molecule has 0 aliphatic carbocycles. The largest absolute Gasteiger partial charge is 0.492 e. The minimum Gasteiger partial charge on any atom is -0.492 e. The molecular weight excluding hydrogens is 188 g/mol. The van der Waals surface area contributed by atoms with Crippen molar-refractivity contribution >= 4 is 11.6 Å². The molecule has 0 amide bonds. The smallest absolute Gasteiger partial charge is 0.120 e. The molecule has 0 spiro atoms. The number of hydrogen-bond donors (Lipinski definition) is 1. The quantitative estimate of drug-likeness (QED) is 0.798. The van der Waals surface area contributed by atoms with Gasteiger partial charge in [-0.05, 0) is 12.1 Å². The lowest BCUT2D eigenvalue weighted by Gasteiger charge is -2.04. The normalized spacial score (nSPS) is 9.31. The summed E-state index contributed by atoms with van der Waals surface area (Å²) in [6.07, 6.45) is 0. The zero-order chi connectivity index (χ0) is 9.68. The van der Waals surface area contributed by atoms with Gasteiger partial charge in [0.1, 0.15) is 18.4 Å². The summed E-state index contributed by atoms with van der Waals surface area (Å²) in [5.74, 6) is 0.634. The Hall–Kier alpha value is -1.24. The van der Waals surface area contributed by atoms with E-state index in [0.717, 1.165) is 0 Å².